The maximum absolute atomic E-state index is 14.1. The van der Waals surface area contributed by atoms with E-state index in [1.165, 1.54) is 32.1 Å². The van der Waals surface area contributed by atoms with Crippen LogP contribution in [0.5, 0.6) is 0 Å². The summed E-state index contributed by atoms with van der Waals surface area (Å²) in [6.45, 7) is 1.77. The third-order valence-corrected chi connectivity index (χ3v) is 4.35. The number of halogens is 1. The highest BCUT2D eigenvalue weighted by molar-refractivity contribution is 5.48. The summed E-state index contributed by atoms with van der Waals surface area (Å²) in [4.78, 5) is 2.07. The van der Waals surface area contributed by atoms with Crippen LogP contribution in [0, 0.1) is 11.7 Å². The van der Waals surface area contributed by atoms with E-state index in [1.807, 2.05) is 19.2 Å². The number of nitrogens with one attached hydrogen (secondary N) is 1. The number of nitrogens with zero attached hydrogens (tertiary/aromatic N) is 1. The Hall–Kier alpha value is -1.09. The molecule has 0 heterocycles. The van der Waals surface area contributed by atoms with Gasteiger partial charge in [0.1, 0.15) is 5.82 Å². The van der Waals surface area contributed by atoms with Gasteiger partial charge in [-0.25, -0.2) is 4.39 Å². The molecule has 2 aliphatic rings. The van der Waals surface area contributed by atoms with Gasteiger partial charge in [-0.05, 0) is 49.3 Å². The Morgan fingerprint density at radius 3 is 2.63 bits per heavy atom. The van der Waals surface area contributed by atoms with Crippen molar-refractivity contribution in [3.8, 4) is 0 Å². The molecule has 2 saturated carbocycles. The summed E-state index contributed by atoms with van der Waals surface area (Å²) in [5.41, 5.74) is 1.78. The summed E-state index contributed by atoms with van der Waals surface area (Å²) >= 11 is 0. The minimum Gasteiger partial charge on any atom is -0.372 e. The van der Waals surface area contributed by atoms with Crippen LogP contribution in [-0.4, -0.2) is 19.6 Å². The number of rotatable bonds is 6. The molecular formula is C16H23FN2. The molecular weight excluding hydrogens is 239 g/mol. The van der Waals surface area contributed by atoms with Gasteiger partial charge < -0.3 is 10.2 Å². The van der Waals surface area contributed by atoms with Gasteiger partial charge in [-0.15, -0.1) is 0 Å². The number of benzene rings is 1. The molecule has 0 aliphatic heterocycles. The lowest BCUT2D eigenvalue weighted by Gasteiger charge is -2.31. The summed E-state index contributed by atoms with van der Waals surface area (Å²) in [5, 5.41) is 3.42. The first kappa shape index (κ1) is 12.9. The van der Waals surface area contributed by atoms with Crippen molar-refractivity contribution in [3.05, 3.63) is 29.6 Å². The Morgan fingerprint density at radius 1 is 1.26 bits per heavy atom. The monoisotopic (exact) mass is 262 g/mol. The molecule has 2 nitrogen and oxygen atoms in total. The zero-order valence-electron chi connectivity index (χ0n) is 11.7. The minimum atomic E-state index is -0.0862. The first-order valence-electron chi connectivity index (χ1n) is 7.45. The van der Waals surface area contributed by atoms with Gasteiger partial charge in [0, 0.05) is 26.2 Å². The highest BCUT2D eigenvalue weighted by Crippen LogP contribution is 2.29. The van der Waals surface area contributed by atoms with Crippen molar-refractivity contribution in [3.63, 3.8) is 0 Å². The predicted octanol–water partition coefficient (Wildman–Crippen LogP) is 3.31. The minimum absolute atomic E-state index is 0.0862. The molecule has 19 heavy (non-hydrogen) atoms. The lowest BCUT2D eigenvalue weighted by atomic mass is 9.85. The average Bonchev–Trinajstić information content (AvgIpc) is 3.15. The average molecular weight is 262 g/mol. The highest BCUT2D eigenvalue weighted by Gasteiger charge is 2.21. The van der Waals surface area contributed by atoms with E-state index >= 15 is 0 Å². The summed E-state index contributed by atoms with van der Waals surface area (Å²) in [7, 11) is 2.00. The molecule has 0 atom stereocenters. The van der Waals surface area contributed by atoms with Crippen LogP contribution < -0.4 is 10.2 Å². The Labute approximate surface area is 115 Å². The zero-order chi connectivity index (χ0) is 13.2. The van der Waals surface area contributed by atoms with Crippen molar-refractivity contribution in [1.82, 2.24) is 5.32 Å². The molecule has 1 aromatic carbocycles. The van der Waals surface area contributed by atoms with Crippen LogP contribution in [0.4, 0.5) is 10.1 Å². The molecule has 2 aliphatic carbocycles. The first-order valence-corrected chi connectivity index (χ1v) is 7.45. The Morgan fingerprint density at radius 2 is 2.05 bits per heavy atom. The van der Waals surface area contributed by atoms with Crippen LogP contribution in [-0.2, 0) is 6.54 Å². The molecule has 0 unspecified atom stereocenters. The highest BCUT2D eigenvalue weighted by atomic mass is 19.1. The fraction of sp³-hybridized carbons (Fsp3) is 0.625. The molecule has 0 saturated heterocycles. The standard InChI is InChI=1S/C16H23FN2/c1-19(11-12-3-2-4-12)16-8-5-13(9-15(16)17)10-18-14-6-7-14/h5,8-9,12,14,18H,2-4,6-7,10-11H2,1H3. The van der Waals surface area contributed by atoms with Gasteiger partial charge in [0.15, 0.2) is 0 Å². The van der Waals surface area contributed by atoms with Gasteiger partial charge >= 0.3 is 0 Å². The molecule has 3 heteroatoms. The first-order chi connectivity index (χ1) is 9.22. The van der Waals surface area contributed by atoms with Gasteiger partial charge in [-0.3, -0.25) is 0 Å². The van der Waals surface area contributed by atoms with Crippen molar-refractivity contribution in [2.24, 2.45) is 5.92 Å². The van der Waals surface area contributed by atoms with Gasteiger partial charge in [0.05, 0.1) is 5.69 Å². The van der Waals surface area contributed by atoms with E-state index in [2.05, 4.69) is 10.2 Å². The van der Waals surface area contributed by atoms with E-state index in [-0.39, 0.29) is 5.82 Å². The summed E-state index contributed by atoms with van der Waals surface area (Å²) in [6.07, 6.45) is 6.48. The van der Waals surface area contributed by atoms with Crippen LogP contribution in [0.1, 0.15) is 37.7 Å². The Balaban J connectivity index is 1.60. The molecule has 1 aromatic rings. The molecule has 1 N–H and O–H groups in total. The topological polar surface area (TPSA) is 15.3 Å². The maximum atomic E-state index is 14.1. The van der Waals surface area contributed by atoms with Crippen LogP contribution in [0.15, 0.2) is 18.2 Å². The van der Waals surface area contributed by atoms with Crippen LogP contribution in [0.2, 0.25) is 0 Å². The van der Waals surface area contributed by atoms with Crippen LogP contribution in [0.25, 0.3) is 0 Å². The second-order valence-electron chi connectivity index (χ2n) is 6.12. The molecule has 2 fully saturated rings. The Bertz CT molecular complexity index is 438. The van der Waals surface area contributed by atoms with E-state index in [0.717, 1.165) is 30.3 Å². The fourth-order valence-electron chi connectivity index (χ4n) is 2.68. The van der Waals surface area contributed by atoms with Crippen molar-refractivity contribution in [2.45, 2.75) is 44.7 Å². The molecule has 0 bridgehead atoms. The quantitative estimate of drug-likeness (QED) is 0.846. The van der Waals surface area contributed by atoms with E-state index in [1.54, 1.807) is 6.07 Å². The largest absolute Gasteiger partial charge is 0.372 e. The smallest absolute Gasteiger partial charge is 0.146 e. The lowest BCUT2D eigenvalue weighted by molar-refractivity contribution is 0.321. The van der Waals surface area contributed by atoms with E-state index in [9.17, 15) is 4.39 Å². The van der Waals surface area contributed by atoms with Crippen molar-refractivity contribution >= 4 is 5.69 Å². The number of anilines is 1. The summed E-state index contributed by atoms with van der Waals surface area (Å²) in [6, 6.07) is 6.33. The summed E-state index contributed by atoms with van der Waals surface area (Å²) in [5.74, 6) is 0.678. The second kappa shape index (κ2) is 5.49. The number of hydrogen-bond donors (Lipinski definition) is 1. The Kier molecular flexibility index (Phi) is 3.74. The van der Waals surface area contributed by atoms with Gasteiger partial charge in [-0.2, -0.15) is 0 Å². The SMILES string of the molecule is CN(CC1CCC1)c1ccc(CNC2CC2)cc1F. The van der Waals surface area contributed by atoms with Crippen LogP contribution in [0.3, 0.4) is 0 Å². The molecule has 0 aromatic heterocycles. The molecule has 0 radical (unpaired) electrons. The van der Waals surface area contributed by atoms with E-state index < -0.39 is 0 Å². The normalized spacial score (nSPS) is 19.3. The number of hydrogen-bond acceptors (Lipinski definition) is 2. The third kappa shape index (κ3) is 3.27. The lowest BCUT2D eigenvalue weighted by Crippen LogP contribution is -2.29. The van der Waals surface area contributed by atoms with Crippen molar-refractivity contribution < 1.29 is 4.39 Å². The predicted molar refractivity (Wildman–Crippen MR) is 76.9 cm³/mol. The van der Waals surface area contributed by atoms with Crippen molar-refractivity contribution in [2.75, 3.05) is 18.5 Å². The molecule has 0 spiro atoms. The van der Waals surface area contributed by atoms with Crippen LogP contribution >= 0.6 is 0 Å². The van der Waals surface area contributed by atoms with E-state index in [0.29, 0.717) is 6.04 Å². The van der Waals surface area contributed by atoms with Crippen molar-refractivity contribution in [1.29, 1.82) is 0 Å². The second-order valence-corrected chi connectivity index (χ2v) is 6.12. The van der Waals surface area contributed by atoms with E-state index in [4.69, 9.17) is 0 Å². The maximum Gasteiger partial charge on any atom is 0.146 e. The van der Waals surface area contributed by atoms with Gasteiger partial charge in [0.25, 0.3) is 0 Å². The fourth-order valence-corrected chi connectivity index (χ4v) is 2.68. The molecule has 3 rings (SSSR count). The van der Waals surface area contributed by atoms with Gasteiger partial charge in [-0.1, -0.05) is 12.5 Å². The molecule has 104 valence electrons. The molecule has 0 amide bonds. The zero-order valence-corrected chi connectivity index (χ0v) is 11.7. The third-order valence-electron chi connectivity index (χ3n) is 4.35. The van der Waals surface area contributed by atoms with Gasteiger partial charge in [0.2, 0.25) is 0 Å². The summed E-state index contributed by atoms with van der Waals surface area (Å²) < 4.78 is 14.1.